The lowest BCUT2D eigenvalue weighted by atomic mass is 10.1. The second-order valence-corrected chi connectivity index (χ2v) is 7.45. The lowest BCUT2D eigenvalue weighted by Gasteiger charge is -2.22. The third kappa shape index (κ3) is 6.32. The van der Waals surface area contributed by atoms with Gasteiger partial charge in [-0.3, -0.25) is 4.79 Å². The van der Waals surface area contributed by atoms with E-state index in [9.17, 15) is 9.18 Å². The van der Waals surface area contributed by atoms with Gasteiger partial charge >= 0.3 is 0 Å². The number of carbonyl (C=O) groups is 1. The molecule has 2 aromatic carbocycles. The number of amides is 1. The standard InChI is InChI=1S/C26H29FN2O2/c1-3-5-18-31-25-14-10-22(11-15-25)26(30)29(16-4-2)20-24-7-6-17-28(24)19-21-8-12-23(27)13-9-21/h4,6-15,17H,2-3,5,16,18-20H2,1H3. The Labute approximate surface area is 183 Å². The predicted octanol–water partition coefficient (Wildman–Crippen LogP) is 5.68. The zero-order chi connectivity index (χ0) is 22.1. The SMILES string of the molecule is C=CCN(Cc1cccn1Cc1ccc(F)cc1)C(=O)c1ccc(OCCCC)cc1. The molecule has 0 saturated heterocycles. The van der Waals surface area contributed by atoms with E-state index in [4.69, 9.17) is 4.74 Å². The average Bonchev–Trinajstić information content (AvgIpc) is 3.22. The van der Waals surface area contributed by atoms with Crippen molar-refractivity contribution in [3.05, 3.63) is 102 Å². The van der Waals surface area contributed by atoms with Gasteiger partial charge < -0.3 is 14.2 Å². The summed E-state index contributed by atoms with van der Waals surface area (Å²) in [6.07, 6.45) is 5.78. The molecule has 0 spiro atoms. The lowest BCUT2D eigenvalue weighted by molar-refractivity contribution is 0.0759. The van der Waals surface area contributed by atoms with Crippen LogP contribution in [0, 0.1) is 5.82 Å². The molecule has 1 aromatic heterocycles. The summed E-state index contributed by atoms with van der Waals surface area (Å²) in [5.74, 6) is 0.462. The van der Waals surface area contributed by atoms with Crippen molar-refractivity contribution in [3.63, 3.8) is 0 Å². The van der Waals surface area contributed by atoms with E-state index in [0.29, 0.717) is 31.8 Å². The summed E-state index contributed by atoms with van der Waals surface area (Å²) in [7, 11) is 0. The van der Waals surface area contributed by atoms with Crippen LogP contribution in [-0.4, -0.2) is 28.5 Å². The van der Waals surface area contributed by atoms with E-state index in [-0.39, 0.29) is 11.7 Å². The Kier molecular flexibility index (Phi) is 8.05. The topological polar surface area (TPSA) is 34.5 Å². The first-order valence-electron chi connectivity index (χ1n) is 10.6. The molecule has 0 N–H and O–H groups in total. The predicted molar refractivity (Wildman–Crippen MR) is 122 cm³/mol. The van der Waals surface area contributed by atoms with Crippen LogP contribution in [0.25, 0.3) is 0 Å². The number of carbonyl (C=O) groups excluding carboxylic acids is 1. The highest BCUT2D eigenvalue weighted by Gasteiger charge is 2.17. The van der Waals surface area contributed by atoms with Gasteiger partial charge in [-0.15, -0.1) is 6.58 Å². The lowest BCUT2D eigenvalue weighted by Crippen LogP contribution is -2.31. The Morgan fingerprint density at radius 1 is 1.13 bits per heavy atom. The smallest absolute Gasteiger partial charge is 0.254 e. The van der Waals surface area contributed by atoms with Crippen molar-refractivity contribution < 1.29 is 13.9 Å². The van der Waals surface area contributed by atoms with E-state index < -0.39 is 0 Å². The fourth-order valence-corrected chi connectivity index (χ4v) is 3.32. The highest BCUT2D eigenvalue weighted by atomic mass is 19.1. The average molecular weight is 421 g/mol. The first kappa shape index (κ1) is 22.3. The van der Waals surface area contributed by atoms with Gasteiger partial charge in [-0.05, 0) is 60.5 Å². The van der Waals surface area contributed by atoms with Gasteiger partial charge in [-0.1, -0.05) is 31.6 Å². The van der Waals surface area contributed by atoms with Gasteiger partial charge in [0.05, 0.1) is 13.2 Å². The summed E-state index contributed by atoms with van der Waals surface area (Å²) in [4.78, 5) is 14.9. The number of benzene rings is 2. The molecule has 0 bridgehead atoms. The molecule has 0 fully saturated rings. The second kappa shape index (κ2) is 11.2. The zero-order valence-electron chi connectivity index (χ0n) is 18.0. The number of unbranched alkanes of at least 4 members (excludes halogenated alkanes) is 1. The molecule has 0 unspecified atom stereocenters. The van der Waals surface area contributed by atoms with Crippen LogP contribution in [0.3, 0.4) is 0 Å². The van der Waals surface area contributed by atoms with E-state index in [1.165, 1.54) is 12.1 Å². The fourth-order valence-electron chi connectivity index (χ4n) is 3.32. The van der Waals surface area contributed by atoms with Crippen molar-refractivity contribution in [2.24, 2.45) is 0 Å². The molecule has 0 radical (unpaired) electrons. The number of aromatic nitrogens is 1. The van der Waals surface area contributed by atoms with Gasteiger partial charge in [0.2, 0.25) is 0 Å². The van der Waals surface area contributed by atoms with Crippen molar-refractivity contribution >= 4 is 5.91 Å². The fraction of sp³-hybridized carbons (Fsp3) is 0.269. The third-order valence-corrected chi connectivity index (χ3v) is 5.05. The molecule has 31 heavy (non-hydrogen) atoms. The molecule has 0 atom stereocenters. The van der Waals surface area contributed by atoms with E-state index in [2.05, 4.69) is 18.1 Å². The number of nitrogens with zero attached hydrogens (tertiary/aromatic N) is 2. The highest BCUT2D eigenvalue weighted by molar-refractivity contribution is 5.94. The van der Waals surface area contributed by atoms with E-state index >= 15 is 0 Å². The maximum atomic E-state index is 13.2. The third-order valence-electron chi connectivity index (χ3n) is 5.05. The number of halogens is 1. The van der Waals surface area contributed by atoms with E-state index in [1.54, 1.807) is 35.2 Å². The quantitative estimate of drug-likeness (QED) is 0.295. The molecule has 0 aliphatic heterocycles. The summed E-state index contributed by atoms with van der Waals surface area (Å²) in [5.41, 5.74) is 2.61. The Morgan fingerprint density at radius 3 is 2.55 bits per heavy atom. The van der Waals surface area contributed by atoms with Crippen molar-refractivity contribution in [1.29, 1.82) is 0 Å². The molecule has 1 amide bonds. The van der Waals surface area contributed by atoms with Crippen LogP contribution in [0.5, 0.6) is 5.75 Å². The summed E-state index contributed by atoms with van der Waals surface area (Å²) in [5, 5.41) is 0. The molecule has 3 rings (SSSR count). The van der Waals surface area contributed by atoms with Gasteiger partial charge in [-0.2, -0.15) is 0 Å². The monoisotopic (exact) mass is 420 g/mol. The van der Waals surface area contributed by atoms with Crippen molar-refractivity contribution in [2.75, 3.05) is 13.2 Å². The van der Waals surface area contributed by atoms with Crippen molar-refractivity contribution in [2.45, 2.75) is 32.9 Å². The van der Waals surface area contributed by atoms with Gasteiger partial charge in [0.1, 0.15) is 11.6 Å². The van der Waals surface area contributed by atoms with Gasteiger partial charge in [-0.25, -0.2) is 4.39 Å². The van der Waals surface area contributed by atoms with Crippen molar-refractivity contribution in [1.82, 2.24) is 9.47 Å². The first-order valence-corrected chi connectivity index (χ1v) is 10.6. The highest BCUT2D eigenvalue weighted by Crippen LogP contribution is 2.17. The molecular formula is C26H29FN2O2. The van der Waals surface area contributed by atoms with E-state index in [0.717, 1.165) is 29.8 Å². The van der Waals surface area contributed by atoms with Gasteiger partial charge in [0, 0.05) is 30.5 Å². The summed E-state index contributed by atoms with van der Waals surface area (Å²) in [6, 6.07) is 17.7. The molecule has 0 aliphatic carbocycles. The number of hydrogen-bond donors (Lipinski definition) is 0. The van der Waals surface area contributed by atoms with Crippen LogP contribution in [0.2, 0.25) is 0 Å². The Hall–Kier alpha value is -3.34. The van der Waals surface area contributed by atoms with Crippen LogP contribution in [-0.2, 0) is 13.1 Å². The van der Waals surface area contributed by atoms with Crippen LogP contribution in [0.1, 0.15) is 41.4 Å². The van der Waals surface area contributed by atoms with Crippen LogP contribution >= 0.6 is 0 Å². The van der Waals surface area contributed by atoms with Crippen LogP contribution in [0.4, 0.5) is 4.39 Å². The summed E-state index contributed by atoms with van der Waals surface area (Å²) in [6.45, 7) is 8.11. The Bertz CT molecular complexity index is 977. The molecule has 5 heteroatoms. The summed E-state index contributed by atoms with van der Waals surface area (Å²) >= 11 is 0. The Morgan fingerprint density at radius 2 is 1.87 bits per heavy atom. The van der Waals surface area contributed by atoms with Gasteiger partial charge in [0.15, 0.2) is 0 Å². The number of hydrogen-bond acceptors (Lipinski definition) is 2. The second-order valence-electron chi connectivity index (χ2n) is 7.45. The zero-order valence-corrected chi connectivity index (χ0v) is 18.0. The maximum absolute atomic E-state index is 13.2. The number of rotatable bonds is 11. The molecule has 3 aromatic rings. The minimum Gasteiger partial charge on any atom is -0.494 e. The Balaban J connectivity index is 1.70. The van der Waals surface area contributed by atoms with Crippen LogP contribution in [0.15, 0.2) is 79.5 Å². The minimum atomic E-state index is -0.249. The first-order chi connectivity index (χ1) is 15.1. The molecule has 4 nitrogen and oxygen atoms in total. The van der Waals surface area contributed by atoms with Crippen molar-refractivity contribution in [3.8, 4) is 5.75 Å². The molecule has 0 aliphatic rings. The number of ether oxygens (including phenoxy) is 1. The molecular weight excluding hydrogens is 391 g/mol. The molecule has 1 heterocycles. The summed E-state index contributed by atoms with van der Waals surface area (Å²) < 4.78 is 20.9. The van der Waals surface area contributed by atoms with Gasteiger partial charge in [0.25, 0.3) is 5.91 Å². The minimum absolute atomic E-state index is 0.0606. The molecule has 0 saturated carbocycles. The normalized spacial score (nSPS) is 10.6. The maximum Gasteiger partial charge on any atom is 0.254 e. The molecule has 162 valence electrons. The van der Waals surface area contributed by atoms with E-state index in [1.807, 2.05) is 30.5 Å². The largest absolute Gasteiger partial charge is 0.494 e. The van der Waals surface area contributed by atoms with Crippen LogP contribution < -0.4 is 4.74 Å².